The molecule has 108 valence electrons. The second-order valence-corrected chi connectivity index (χ2v) is 6.65. The van der Waals surface area contributed by atoms with E-state index in [0.717, 1.165) is 4.31 Å². The van der Waals surface area contributed by atoms with E-state index in [1.807, 2.05) is 0 Å². The van der Waals surface area contributed by atoms with Crippen molar-refractivity contribution in [2.24, 2.45) is 5.73 Å². The molecule has 7 heteroatoms. The van der Waals surface area contributed by atoms with Crippen LogP contribution in [-0.2, 0) is 14.8 Å². The maximum atomic E-state index is 12.5. The van der Waals surface area contributed by atoms with Gasteiger partial charge in [-0.15, -0.1) is 0 Å². The molecule has 0 radical (unpaired) electrons. The van der Waals surface area contributed by atoms with Gasteiger partial charge in [-0.2, -0.15) is 4.31 Å². The number of primary amides is 1. The Balaban J connectivity index is 2.35. The summed E-state index contributed by atoms with van der Waals surface area (Å²) in [6.45, 7) is 1.69. The Morgan fingerprint density at radius 2 is 1.85 bits per heavy atom. The topological polar surface area (TPSA) is 97.5 Å². The molecule has 0 aliphatic carbocycles. The van der Waals surface area contributed by atoms with Crippen LogP contribution < -0.4 is 5.73 Å². The molecule has 1 aliphatic heterocycles. The summed E-state index contributed by atoms with van der Waals surface area (Å²) < 4.78 is 26.1. The molecule has 0 bridgehead atoms. The number of benzene rings is 1. The summed E-state index contributed by atoms with van der Waals surface area (Å²) in [5, 5.41) is 0. The molecule has 0 aromatic heterocycles. The Bertz CT molecular complexity index is 637. The fraction of sp³-hybridized carbons (Fsp3) is 0.385. The second kappa shape index (κ2) is 5.34. The van der Waals surface area contributed by atoms with Gasteiger partial charge in [0, 0.05) is 12.1 Å². The van der Waals surface area contributed by atoms with Gasteiger partial charge in [-0.05, 0) is 31.9 Å². The number of amides is 1. The number of nitrogens with two attached hydrogens (primary N) is 1. The van der Waals surface area contributed by atoms with Crippen LogP contribution in [0.15, 0.2) is 29.2 Å². The first-order chi connectivity index (χ1) is 9.34. The van der Waals surface area contributed by atoms with Crippen LogP contribution in [0.25, 0.3) is 0 Å². The zero-order valence-corrected chi connectivity index (χ0v) is 11.9. The van der Waals surface area contributed by atoms with Gasteiger partial charge in [0.15, 0.2) is 5.78 Å². The molecular formula is C13H16N2O4S. The van der Waals surface area contributed by atoms with Gasteiger partial charge in [0.05, 0.1) is 4.90 Å². The molecule has 0 spiro atoms. The van der Waals surface area contributed by atoms with E-state index in [4.69, 9.17) is 5.73 Å². The molecular weight excluding hydrogens is 280 g/mol. The van der Waals surface area contributed by atoms with Gasteiger partial charge in [0.2, 0.25) is 15.9 Å². The lowest BCUT2D eigenvalue weighted by molar-refractivity contribution is -0.121. The quantitative estimate of drug-likeness (QED) is 0.819. The van der Waals surface area contributed by atoms with Crippen LogP contribution >= 0.6 is 0 Å². The summed E-state index contributed by atoms with van der Waals surface area (Å²) in [5.74, 6) is -0.767. The summed E-state index contributed by atoms with van der Waals surface area (Å²) >= 11 is 0. The van der Waals surface area contributed by atoms with Crippen LogP contribution in [0.3, 0.4) is 0 Å². The second-order valence-electron chi connectivity index (χ2n) is 4.76. The minimum absolute atomic E-state index is 0.0654. The van der Waals surface area contributed by atoms with E-state index in [1.54, 1.807) is 0 Å². The predicted molar refractivity (Wildman–Crippen MR) is 72.6 cm³/mol. The summed E-state index contributed by atoms with van der Waals surface area (Å²) in [6.07, 6.45) is 1.05. The number of ketones is 1. The highest BCUT2D eigenvalue weighted by Gasteiger charge is 2.38. The van der Waals surface area contributed by atoms with Gasteiger partial charge in [0.1, 0.15) is 6.04 Å². The van der Waals surface area contributed by atoms with Crippen molar-refractivity contribution in [2.75, 3.05) is 6.54 Å². The highest BCUT2D eigenvalue weighted by molar-refractivity contribution is 7.89. The molecule has 1 aromatic rings. The molecule has 1 amide bonds. The number of Topliss-reactive ketones (excluding diaryl/α,β-unsaturated/α-hetero) is 1. The molecule has 2 N–H and O–H groups in total. The normalized spacial score (nSPS) is 19.9. The van der Waals surface area contributed by atoms with Crippen LogP contribution in [-0.4, -0.2) is 37.0 Å². The minimum atomic E-state index is -3.75. The SMILES string of the molecule is CC(=O)c1ccc(S(=O)(=O)N2CCC[C@H]2C(N)=O)cc1. The van der Waals surface area contributed by atoms with E-state index in [0.29, 0.717) is 18.4 Å². The zero-order valence-electron chi connectivity index (χ0n) is 11.1. The maximum Gasteiger partial charge on any atom is 0.243 e. The number of nitrogens with zero attached hydrogens (tertiary/aromatic N) is 1. The summed E-state index contributed by atoms with van der Waals surface area (Å²) in [5.41, 5.74) is 5.68. The zero-order chi connectivity index (χ0) is 14.9. The van der Waals surface area contributed by atoms with Crippen molar-refractivity contribution in [3.05, 3.63) is 29.8 Å². The third-order valence-electron chi connectivity index (χ3n) is 3.40. The van der Waals surface area contributed by atoms with Crippen molar-refractivity contribution in [3.8, 4) is 0 Å². The Kier molecular flexibility index (Phi) is 3.92. The maximum absolute atomic E-state index is 12.5. The molecule has 0 unspecified atom stereocenters. The number of carbonyl (C=O) groups excluding carboxylic acids is 2. The van der Waals surface area contributed by atoms with Crippen LogP contribution in [0, 0.1) is 0 Å². The van der Waals surface area contributed by atoms with Gasteiger partial charge >= 0.3 is 0 Å². The Morgan fingerprint density at radius 3 is 2.35 bits per heavy atom. The molecule has 1 fully saturated rings. The standard InChI is InChI=1S/C13H16N2O4S/c1-9(16)10-4-6-11(7-5-10)20(18,19)15-8-2-3-12(15)13(14)17/h4-7,12H,2-3,8H2,1H3,(H2,14,17)/t12-/m0/s1. The summed E-state index contributed by atoms with van der Waals surface area (Å²) in [7, 11) is -3.75. The van der Waals surface area contributed by atoms with Crippen LogP contribution in [0.2, 0.25) is 0 Å². The lowest BCUT2D eigenvalue weighted by atomic mass is 10.2. The molecule has 2 rings (SSSR count). The van der Waals surface area contributed by atoms with Gasteiger partial charge < -0.3 is 5.73 Å². The number of rotatable bonds is 4. The van der Waals surface area contributed by atoms with E-state index in [-0.39, 0.29) is 17.2 Å². The Labute approximate surface area is 117 Å². The van der Waals surface area contributed by atoms with Crippen molar-refractivity contribution in [1.82, 2.24) is 4.31 Å². The van der Waals surface area contributed by atoms with Crippen molar-refractivity contribution in [3.63, 3.8) is 0 Å². The van der Waals surface area contributed by atoms with E-state index in [2.05, 4.69) is 0 Å². The first kappa shape index (κ1) is 14.7. The van der Waals surface area contributed by atoms with Crippen molar-refractivity contribution in [1.29, 1.82) is 0 Å². The first-order valence-electron chi connectivity index (χ1n) is 6.26. The molecule has 0 saturated carbocycles. The van der Waals surface area contributed by atoms with Gasteiger partial charge in [0.25, 0.3) is 0 Å². The third-order valence-corrected chi connectivity index (χ3v) is 5.32. The van der Waals surface area contributed by atoms with Crippen molar-refractivity contribution in [2.45, 2.75) is 30.7 Å². The van der Waals surface area contributed by atoms with Crippen LogP contribution in [0.4, 0.5) is 0 Å². The Hall–Kier alpha value is -1.73. The van der Waals surface area contributed by atoms with Crippen molar-refractivity contribution >= 4 is 21.7 Å². The first-order valence-corrected chi connectivity index (χ1v) is 7.70. The Morgan fingerprint density at radius 1 is 1.25 bits per heavy atom. The largest absolute Gasteiger partial charge is 0.368 e. The minimum Gasteiger partial charge on any atom is -0.368 e. The van der Waals surface area contributed by atoms with E-state index < -0.39 is 22.0 Å². The highest BCUT2D eigenvalue weighted by Crippen LogP contribution is 2.26. The molecule has 1 atom stereocenters. The smallest absolute Gasteiger partial charge is 0.243 e. The number of sulfonamides is 1. The summed E-state index contributed by atoms with van der Waals surface area (Å²) in [4.78, 5) is 22.6. The molecule has 6 nitrogen and oxygen atoms in total. The van der Waals surface area contributed by atoms with Crippen LogP contribution in [0.5, 0.6) is 0 Å². The average molecular weight is 296 g/mol. The van der Waals surface area contributed by atoms with Gasteiger partial charge in [-0.1, -0.05) is 12.1 Å². The molecule has 1 aliphatic rings. The van der Waals surface area contributed by atoms with E-state index in [9.17, 15) is 18.0 Å². The average Bonchev–Trinajstić information content (AvgIpc) is 2.89. The van der Waals surface area contributed by atoms with E-state index >= 15 is 0 Å². The number of carbonyl (C=O) groups is 2. The van der Waals surface area contributed by atoms with E-state index in [1.165, 1.54) is 31.2 Å². The fourth-order valence-corrected chi connectivity index (χ4v) is 3.97. The van der Waals surface area contributed by atoms with Crippen molar-refractivity contribution < 1.29 is 18.0 Å². The molecule has 1 saturated heterocycles. The monoisotopic (exact) mass is 296 g/mol. The summed E-state index contributed by atoms with van der Waals surface area (Å²) in [6, 6.07) is 4.90. The molecule has 1 heterocycles. The van der Waals surface area contributed by atoms with Crippen LogP contribution in [0.1, 0.15) is 30.1 Å². The molecule has 1 aromatic carbocycles. The highest BCUT2D eigenvalue weighted by atomic mass is 32.2. The molecule has 20 heavy (non-hydrogen) atoms. The predicted octanol–water partition coefficient (Wildman–Crippen LogP) is 0.528. The number of hydrogen-bond acceptors (Lipinski definition) is 4. The third kappa shape index (κ3) is 2.59. The van der Waals surface area contributed by atoms with Gasteiger partial charge in [-0.25, -0.2) is 8.42 Å². The number of hydrogen-bond donors (Lipinski definition) is 1. The van der Waals surface area contributed by atoms with Gasteiger partial charge in [-0.3, -0.25) is 9.59 Å². The lowest BCUT2D eigenvalue weighted by Crippen LogP contribution is -2.43. The fourth-order valence-electron chi connectivity index (χ4n) is 2.31. The lowest BCUT2D eigenvalue weighted by Gasteiger charge is -2.21.